The van der Waals surface area contributed by atoms with Gasteiger partial charge in [-0.1, -0.05) is 33.8 Å². The molecule has 0 bridgehead atoms. The molecule has 0 nitrogen and oxygen atoms in total. The van der Waals surface area contributed by atoms with Crippen LogP contribution in [0.1, 0.15) is 34.1 Å². The maximum absolute atomic E-state index is 3.83. The summed E-state index contributed by atoms with van der Waals surface area (Å²) in [6, 6.07) is 0. The number of allylic oxidation sites excluding steroid dienone is 1. The molecule has 0 N–H and O–H groups in total. The molecule has 0 spiro atoms. The third-order valence-corrected chi connectivity index (χ3v) is 3.30. The molecule has 1 saturated carbocycles. The van der Waals surface area contributed by atoms with Crippen molar-refractivity contribution in [1.82, 2.24) is 0 Å². The lowest BCUT2D eigenvalue weighted by atomic mass is 9.77. The van der Waals surface area contributed by atoms with E-state index in [1.165, 1.54) is 6.42 Å². The van der Waals surface area contributed by atoms with Crippen LogP contribution in [-0.4, -0.2) is 0 Å². The van der Waals surface area contributed by atoms with Gasteiger partial charge >= 0.3 is 0 Å². The van der Waals surface area contributed by atoms with Crippen molar-refractivity contribution in [2.75, 3.05) is 0 Å². The fourth-order valence-electron chi connectivity index (χ4n) is 1.60. The lowest BCUT2D eigenvalue weighted by Gasteiger charge is -2.28. The average Bonchev–Trinajstić information content (AvgIpc) is 2.41. The minimum absolute atomic E-state index is 0.450. The molecule has 1 aliphatic rings. The molecular formula is C10H18. The van der Waals surface area contributed by atoms with Crippen LogP contribution in [0, 0.1) is 16.7 Å². The Hall–Kier alpha value is -0.260. The van der Waals surface area contributed by atoms with Crippen LogP contribution in [0.2, 0.25) is 0 Å². The zero-order chi connectivity index (χ0) is 7.99. The lowest BCUT2D eigenvalue weighted by molar-refractivity contribution is 0.224. The van der Waals surface area contributed by atoms with Crippen LogP contribution in [-0.2, 0) is 0 Å². The molecule has 0 aliphatic heterocycles. The van der Waals surface area contributed by atoms with Crippen molar-refractivity contribution in [1.29, 1.82) is 0 Å². The van der Waals surface area contributed by atoms with E-state index in [4.69, 9.17) is 0 Å². The van der Waals surface area contributed by atoms with Gasteiger partial charge in [-0.25, -0.2) is 0 Å². The zero-order valence-electron chi connectivity index (χ0n) is 7.57. The van der Waals surface area contributed by atoms with E-state index in [1.54, 1.807) is 0 Å². The van der Waals surface area contributed by atoms with Gasteiger partial charge in [0.1, 0.15) is 0 Å². The largest absolute Gasteiger partial charge is 0.103 e. The molecule has 2 unspecified atom stereocenters. The third kappa shape index (κ3) is 0.902. The summed E-state index contributed by atoms with van der Waals surface area (Å²) in [5, 5.41) is 0. The number of hydrogen-bond acceptors (Lipinski definition) is 0. The van der Waals surface area contributed by atoms with E-state index < -0.39 is 0 Å². The third-order valence-electron chi connectivity index (χ3n) is 3.30. The summed E-state index contributed by atoms with van der Waals surface area (Å²) in [6.45, 7) is 13.1. The molecule has 0 aromatic rings. The van der Waals surface area contributed by atoms with E-state index in [-0.39, 0.29) is 0 Å². The Morgan fingerprint density at radius 1 is 1.50 bits per heavy atom. The Bertz CT molecular complexity index is 150. The molecule has 10 heavy (non-hydrogen) atoms. The quantitative estimate of drug-likeness (QED) is 0.488. The molecule has 0 heterocycles. The van der Waals surface area contributed by atoms with Gasteiger partial charge in [-0.05, 0) is 23.2 Å². The van der Waals surface area contributed by atoms with Crippen LogP contribution in [0.15, 0.2) is 12.7 Å². The second-order valence-corrected chi connectivity index (χ2v) is 4.71. The monoisotopic (exact) mass is 138 g/mol. The SMILES string of the molecule is C=CC1CC1(C)C(C)(C)C. The smallest absolute Gasteiger partial charge is 0.0171 e. The molecule has 1 rings (SSSR count). The molecule has 0 radical (unpaired) electrons. The second kappa shape index (κ2) is 1.87. The molecule has 1 aliphatic carbocycles. The van der Waals surface area contributed by atoms with Crippen LogP contribution >= 0.6 is 0 Å². The van der Waals surface area contributed by atoms with Crippen molar-refractivity contribution in [3.63, 3.8) is 0 Å². The summed E-state index contributed by atoms with van der Waals surface area (Å²) in [7, 11) is 0. The van der Waals surface area contributed by atoms with E-state index in [0.717, 1.165) is 5.92 Å². The topological polar surface area (TPSA) is 0 Å². The normalized spacial score (nSPS) is 39.4. The lowest BCUT2D eigenvalue weighted by Crippen LogP contribution is -2.20. The number of hydrogen-bond donors (Lipinski definition) is 0. The van der Waals surface area contributed by atoms with E-state index in [0.29, 0.717) is 10.8 Å². The van der Waals surface area contributed by atoms with Crippen molar-refractivity contribution in [3.05, 3.63) is 12.7 Å². The summed E-state index contributed by atoms with van der Waals surface area (Å²) < 4.78 is 0. The Labute approximate surface area is 64.3 Å². The van der Waals surface area contributed by atoms with Gasteiger partial charge in [-0.15, -0.1) is 6.58 Å². The first-order valence-corrected chi connectivity index (χ1v) is 4.04. The van der Waals surface area contributed by atoms with Gasteiger partial charge in [0.25, 0.3) is 0 Å². The van der Waals surface area contributed by atoms with Gasteiger partial charge in [-0.3, -0.25) is 0 Å². The Morgan fingerprint density at radius 3 is 2.10 bits per heavy atom. The predicted molar refractivity (Wildman–Crippen MR) is 45.9 cm³/mol. The van der Waals surface area contributed by atoms with Crippen molar-refractivity contribution in [3.8, 4) is 0 Å². The van der Waals surface area contributed by atoms with E-state index in [9.17, 15) is 0 Å². The van der Waals surface area contributed by atoms with Gasteiger partial charge in [0.2, 0.25) is 0 Å². The van der Waals surface area contributed by atoms with Gasteiger partial charge in [0, 0.05) is 0 Å². The minimum atomic E-state index is 0.450. The molecule has 0 saturated heterocycles. The molecule has 2 atom stereocenters. The first-order valence-electron chi connectivity index (χ1n) is 4.04. The van der Waals surface area contributed by atoms with Gasteiger partial charge in [-0.2, -0.15) is 0 Å². The minimum Gasteiger partial charge on any atom is -0.103 e. The van der Waals surface area contributed by atoms with Crippen LogP contribution in [0.5, 0.6) is 0 Å². The number of rotatable bonds is 1. The predicted octanol–water partition coefficient (Wildman–Crippen LogP) is 3.24. The van der Waals surface area contributed by atoms with Crippen LogP contribution in [0.3, 0.4) is 0 Å². The molecule has 0 aromatic heterocycles. The zero-order valence-corrected chi connectivity index (χ0v) is 7.57. The summed E-state index contributed by atoms with van der Waals surface area (Å²) >= 11 is 0. The summed E-state index contributed by atoms with van der Waals surface area (Å²) in [4.78, 5) is 0. The maximum atomic E-state index is 3.83. The van der Waals surface area contributed by atoms with Crippen LogP contribution in [0.4, 0.5) is 0 Å². The molecule has 0 aromatic carbocycles. The highest BCUT2D eigenvalue weighted by Gasteiger charge is 2.55. The highest BCUT2D eigenvalue weighted by Crippen LogP contribution is 2.63. The fourth-order valence-corrected chi connectivity index (χ4v) is 1.60. The summed E-state index contributed by atoms with van der Waals surface area (Å²) in [5.41, 5.74) is 0.987. The van der Waals surface area contributed by atoms with Crippen LogP contribution in [0.25, 0.3) is 0 Å². The van der Waals surface area contributed by atoms with Gasteiger partial charge < -0.3 is 0 Å². The van der Waals surface area contributed by atoms with Crippen molar-refractivity contribution in [2.24, 2.45) is 16.7 Å². The molecule has 58 valence electrons. The van der Waals surface area contributed by atoms with Crippen molar-refractivity contribution >= 4 is 0 Å². The van der Waals surface area contributed by atoms with Crippen LogP contribution < -0.4 is 0 Å². The highest BCUT2D eigenvalue weighted by molar-refractivity contribution is 5.12. The Kier molecular flexibility index (Phi) is 1.47. The van der Waals surface area contributed by atoms with Gasteiger partial charge in [0.05, 0.1) is 0 Å². The maximum Gasteiger partial charge on any atom is -0.0171 e. The first-order chi connectivity index (χ1) is 4.42. The van der Waals surface area contributed by atoms with E-state index in [1.807, 2.05) is 0 Å². The highest BCUT2D eigenvalue weighted by atomic mass is 14.6. The van der Waals surface area contributed by atoms with Crippen molar-refractivity contribution < 1.29 is 0 Å². The Morgan fingerprint density at radius 2 is 2.00 bits per heavy atom. The molecule has 0 amide bonds. The summed E-state index contributed by atoms with van der Waals surface area (Å²) in [5.74, 6) is 0.771. The van der Waals surface area contributed by atoms with Gasteiger partial charge in [0.15, 0.2) is 0 Å². The molecular weight excluding hydrogens is 120 g/mol. The first kappa shape index (κ1) is 7.84. The molecule has 1 fully saturated rings. The average molecular weight is 138 g/mol. The van der Waals surface area contributed by atoms with E-state index in [2.05, 4.69) is 40.3 Å². The fraction of sp³-hybridized carbons (Fsp3) is 0.800. The standard InChI is InChI=1S/C10H18/c1-6-8-7-10(8,5)9(2,3)4/h6,8H,1,7H2,2-5H3. The van der Waals surface area contributed by atoms with Crippen molar-refractivity contribution in [2.45, 2.75) is 34.1 Å². The Balaban J connectivity index is 2.67. The van der Waals surface area contributed by atoms with E-state index >= 15 is 0 Å². The second-order valence-electron chi connectivity index (χ2n) is 4.71. The molecule has 0 heteroatoms. The summed E-state index contributed by atoms with van der Waals surface area (Å²) in [6.07, 6.45) is 3.44.